The number of hydrogen-bond donors (Lipinski definition) is 1. The minimum Gasteiger partial charge on any atom is -0.478 e. The molecule has 2 aromatic carbocycles. The highest BCUT2D eigenvalue weighted by atomic mass is 16.6. The third-order valence-electron chi connectivity index (χ3n) is 2.98. The van der Waals surface area contributed by atoms with Crippen LogP contribution in [-0.2, 0) is 12.8 Å². The van der Waals surface area contributed by atoms with E-state index in [4.69, 9.17) is 5.11 Å². The maximum Gasteiger partial charge on any atom is 0.335 e. The number of aromatic carboxylic acids is 1. The van der Waals surface area contributed by atoms with Gasteiger partial charge in [-0.2, -0.15) is 0 Å². The molecule has 0 heterocycles. The van der Waals surface area contributed by atoms with Crippen LogP contribution in [0.3, 0.4) is 0 Å². The fourth-order valence-corrected chi connectivity index (χ4v) is 1.98. The van der Waals surface area contributed by atoms with Crippen LogP contribution in [0.4, 0.5) is 5.69 Å². The van der Waals surface area contributed by atoms with Crippen molar-refractivity contribution in [2.45, 2.75) is 12.8 Å². The van der Waals surface area contributed by atoms with Crippen molar-refractivity contribution in [2.24, 2.45) is 0 Å². The number of carboxylic acids is 1. The van der Waals surface area contributed by atoms with Gasteiger partial charge in [0.2, 0.25) is 0 Å². The lowest BCUT2D eigenvalue weighted by molar-refractivity contribution is -0.384. The molecule has 5 nitrogen and oxygen atoms in total. The van der Waals surface area contributed by atoms with Crippen LogP contribution in [0.2, 0.25) is 0 Å². The molecule has 0 spiro atoms. The highest BCUT2D eigenvalue weighted by Crippen LogP contribution is 2.19. The average molecular weight is 271 g/mol. The molecular formula is C15H13NO4. The molecule has 0 saturated carbocycles. The molecule has 102 valence electrons. The van der Waals surface area contributed by atoms with E-state index in [0.717, 1.165) is 11.6 Å². The second-order valence-corrected chi connectivity index (χ2v) is 4.44. The summed E-state index contributed by atoms with van der Waals surface area (Å²) in [5, 5.41) is 19.8. The zero-order valence-corrected chi connectivity index (χ0v) is 10.7. The van der Waals surface area contributed by atoms with E-state index >= 15 is 0 Å². The van der Waals surface area contributed by atoms with Gasteiger partial charge in [-0.15, -0.1) is 0 Å². The second-order valence-electron chi connectivity index (χ2n) is 4.44. The van der Waals surface area contributed by atoms with E-state index in [0.29, 0.717) is 18.4 Å². The summed E-state index contributed by atoms with van der Waals surface area (Å²) in [6, 6.07) is 13.7. The highest BCUT2D eigenvalue weighted by molar-refractivity contribution is 5.88. The molecule has 0 radical (unpaired) electrons. The summed E-state index contributed by atoms with van der Waals surface area (Å²) in [6.07, 6.45) is 1.27. The van der Waals surface area contributed by atoms with Crippen molar-refractivity contribution in [3.63, 3.8) is 0 Å². The Bertz CT molecular complexity index is 605. The summed E-state index contributed by atoms with van der Waals surface area (Å²) >= 11 is 0. The molecule has 0 atom stereocenters. The lowest BCUT2D eigenvalue weighted by Gasteiger charge is -2.04. The Hall–Kier alpha value is -2.69. The molecule has 0 aliphatic carbocycles. The van der Waals surface area contributed by atoms with Gasteiger partial charge in [-0.1, -0.05) is 30.3 Å². The number of nitro groups is 1. The zero-order valence-electron chi connectivity index (χ0n) is 10.7. The van der Waals surface area contributed by atoms with E-state index in [1.54, 1.807) is 0 Å². The third kappa shape index (κ3) is 3.41. The number of non-ortho nitro benzene ring substituents is 1. The van der Waals surface area contributed by atoms with Crippen molar-refractivity contribution in [2.75, 3.05) is 0 Å². The lowest BCUT2D eigenvalue weighted by atomic mass is 10.0. The van der Waals surface area contributed by atoms with Gasteiger partial charge in [-0.3, -0.25) is 10.1 Å². The lowest BCUT2D eigenvalue weighted by Crippen LogP contribution is -2.01. The number of carbonyl (C=O) groups is 1. The molecule has 2 aromatic rings. The summed E-state index contributed by atoms with van der Waals surface area (Å²) in [5.74, 6) is -1.16. The first-order chi connectivity index (χ1) is 9.56. The van der Waals surface area contributed by atoms with Gasteiger partial charge in [0.05, 0.1) is 10.5 Å². The van der Waals surface area contributed by atoms with Gasteiger partial charge in [-0.25, -0.2) is 4.79 Å². The highest BCUT2D eigenvalue weighted by Gasteiger charge is 2.13. The van der Waals surface area contributed by atoms with Gasteiger partial charge in [0.1, 0.15) is 0 Å². The number of carboxylic acid groups (broad SMARTS) is 1. The SMILES string of the molecule is O=C(O)c1cc(CCc2ccccc2)cc([N+](=O)[O-])c1. The Kier molecular flexibility index (Phi) is 4.10. The molecule has 0 aliphatic rings. The standard InChI is InChI=1S/C15H13NO4/c17-15(18)13-8-12(9-14(10-13)16(19)20)7-6-11-4-2-1-3-5-11/h1-5,8-10H,6-7H2,(H,17,18). The Morgan fingerprint density at radius 2 is 1.70 bits per heavy atom. The Balaban J connectivity index is 2.22. The van der Waals surface area contributed by atoms with Crippen molar-refractivity contribution in [1.29, 1.82) is 0 Å². The van der Waals surface area contributed by atoms with Crippen molar-refractivity contribution in [1.82, 2.24) is 0 Å². The minimum atomic E-state index is -1.16. The zero-order chi connectivity index (χ0) is 14.5. The van der Waals surface area contributed by atoms with Crippen LogP contribution < -0.4 is 0 Å². The van der Waals surface area contributed by atoms with Gasteiger partial charge in [0.25, 0.3) is 5.69 Å². The maximum absolute atomic E-state index is 11.0. The molecule has 0 saturated heterocycles. The quantitative estimate of drug-likeness (QED) is 0.669. The summed E-state index contributed by atoms with van der Waals surface area (Å²) in [6.45, 7) is 0. The van der Waals surface area contributed by atoms with Gasteiger partial charge < -0.3 is 5.11 Å². The first kappa shape index (κ1) is 13.7. The molecule has 0 bridgehead atoms. The van der Waals surface area contributed by atoms with E-state index in [1.165, 1.54) is 12.1 Å². The Morgan fingerprint density at radius 3 is 2.30 bits per heavy atom. The van der Waals surface area contributed by atoms with Gasteiger partial charge in [0.15, 0.2) is 0 Å². The van der Waals surface area contributed by atoms with Crippen LogP contribution in [0.5, 0.6) is 0 Å². The molecule has 0 amide bonds. The number of aryl methyl sites for hydroxylation is 2. The topological polar surface area (TPSA) is 80.4 Å². The summed E-state index contributed by atoms with van der Waals surface area (Å²) in [4.78, 5) is 21.2. The van der Waals surface area contributed by atoms with Crippen LogP contribution >= 0.6 is 0 Å². The van der Waals surface area contributed by atoms with Crippen LogP contribution in [-0.4, -0.2) is 16.0 Å². The molecule has 0 aliphatic heterocycles. The molecule has 0 unspecified atom stereocenters. The number of nitro benzene ring substituents is 1. The van der Waals surface area contributed by atoms with Gasteiger partial charge in [0, 0.05) is 12.1 Å². The largest absolute Gasteiger partial charge is 0.478 e. The summed E-state index contributed by atoms with van der Waals surface area (Å²) < 4.78 is 0. The second kappa shape index (κ2) is 5.97. The Morgan fingerprint density at radius 1 is 1.05 bits per heavy atom. The number of nitrogens with zero attached hydrogens (tertiary/aromatic N) is 1. The summed E-state index contributed by atoms with van der Waals surface area (Å²) in [7, 11) is 0. The van der Waals surface area contributed by atoms with E-state index in [9.17, 15) is 14.9 Å². The van der Waals surface area contributed by atoms with Crippen molar-refractivity contribution in [3.8, 4) is 0 Å². The number of rotatable bonds is 5. The normalized spacial score (nSPS) is 10.2. The van der Waals surface area contributed by atoms with Crippen molar-refractivity contribution >= 4 is 11.7 Å². The number of hydrogen-bond acceptors (Lipinski definition) is 3. The predicted molar refractivity (Wildman–Crippen MR) is 73.9 cm³/mol. The molecular weight excluding hydrogens is 258 g/mol. The van der Waals surface area contributed by atoms with Gasteiger partial charge >= 0.3 is 5.97 Å². The van der Waals surface area contributed by atoms with Gasteiger partial charge in [-0.05, 0) is 30.0 Å². The van der Waals surface area contributed by atoms with E-state index in [1.807, 2.05) is 30.3 Å². The molecule has 20 heavy (non-hydrogen) atoms. The van der Waals surface area contributed by atoms with Crippen LogP contribution in [0.15, 0.2) is 48.5 Å². The predicted octanol–water partition coefficient (Wildman–Crippen LogP) is 3.08. The summed E-state index contributed by atoms with van der Waals surface area (Å²) in [5.41, 5.74) is 1.52. The van der Waals surface area contributed by atoms with E-state index in [-0.39, 0.29) is 11.3 Å². The minimum absolute atomic E-state index is 0.0535. The van der Waals surface area contributed by atoms with Crippen LogP contribution in [0, 0.1) is 10.1 Å². The van der Waals surface area contributed by atoms with E-state index < -0.39 is 10.9 Å². The fourth-order valence-electron chi connectivity index (χ4n) is 1.98. The molecule has 5 heteroatoms. The first-order valence-corrected chi connectivity index (χ1v) is 6.12. The van der Waals surface area contributed by atoms with Crippen molar-refractivity contribution < 1.29 is 14.8 Å². The van der Waals surface area contributed by atoms with Crippen LogP contribution in [0.1, 0.15) is 21.5 Å². The Labute approximate surface area is 115 Å². The van der Waals surface area contributed by atoms with Crippen LogP contribution in [0.25, 0.3) is 0 Å². The number of benzene rings is 2. The smallest absolute Gasteiger partial charge is 0.335 e. The molecule has 2 rings (SSSR count). The molecule has 0 fully saturated rings. The monoisotopic (exact) mass is 271 g/mol. The van der Waals surface area contributed by atoms with E-state index in [2.05, 4.69) is 0 Å². The molecule has 0 aromatic heterocycles. The first-order valence-electron chi connectivity index (χ1n) is 6.12. The molecule has 1 N–H and O–H groups in total. The third-order valence-corrected chi connectivity index (χ3v) is 2.98. The average Bonchev–Trinajstić information content (AvgIpc) is 2.45. The van der Waals surface area contributed by atoms with Crippen molar-refractivity contribution in [3.05, 3.63) is 75.3 Å². The fraction of sp³-hybridized carbons (Fsp3) is 0.133. The maximum atomic E-state index is 11.0.